The number of aromatic nitrogens is 1. The molecule has 8 heteroatoms. The van der Waals surface area contributed by atoms with Crippen molar-refractivity contribution in [2.45, 2.75) is 30.6 Å². The summed E-state index contributed by atoms with van der Waals surface area (Å²) < 4.78 is 40.3. The Labute approximate surface area is 172 Å². The molecule has 0 bridgehead atoms. The van der Waals surface area contributed by atoms with Gasteiger partial charge in [0.2, 0.25) is 10.0 Å². The lowest BCUT2D eigenvalue weighted by atomic mass is 10.2. The smallest absolute Gasteiger partial charge is 0.244 e. The van der Waals surface area contributed by atoms with E-state index in [9.17, 15) is 12.8 Å². The zero-order valence-electron chi connectivity index (χ0n) is 16.5. The van der Waals surface area contributed by atoms with Crippen LogP contribution >= 0.6 is 0 Å². The maximum atomic E-state index is 13.2. The van der Waals surface area contributed by atoms with Crippen molar-refractivity contribution in [1.29, 1.82) is 0 Å². The van der Waals surface area contributed by atoms with Gasteiger partial charge < -0.3 is 9.80 Å². The standard InChI is InChI=1S/C21H27FN4O2S/c22-18-5-7-19(8-6-18)24-11-4-12-25(16-15-24)21-10-9-20(17-23-21)29(27,28)26-13-2-1-3-14-26/h5-10,17H,1-4,11-16H2. The van der Waals surface area contributed by atoms with Crippen molar-refractivity contribution in [2.75, 3.05) is 49.1 Å². The van der Waals surface area contributed by atoms with Crippen molar-refractivity contribution in [2.24, 2.45) is 0 Å². The van der Waals surface area contributed by atoms with Gasteiger partial charge in [0.25, 0.3) is 0 Å². The molecule has 4 rings (SSSR count). The van der Waals surface area contributed by atoms with Gasteiger partial charge in [0.1, 0.15) is 16.5 Å². The van der Waals surface area contributed by atoms with E-state index in [-0.39, 0.29) is 10.7 Å². The molecule has 1 aromatic carbocycles. The Morgan fingerprint density at radius 2 is 1.45 bits per heavy atom. The lowest BCUT2D eigenvalue weighted by molar-refractivity contribution is 0.346. The lowest BCUT2D eigenvalue weighted by Crippen LogP contribution is -2.35. The van der Waals surface area contributed by atoms with Crippen molar-refractivity contribution in [1.82, 2.24) is 9.29 Å². The van der Waals surface area contributed by atoms with E-state index in [4.69, 9.17) is 0 Å². The summed E-state index contributed by atoms with van der Waals surface area (Å²) in [5.41, 5.74) is 1.02. The summed E-state index contributed by atoms with van der Waals surface area (Å²) in [5, 5.41) is 0. The van der Waals surface area contributed by atoms with Gasteiger partial charge in [0.05, 0.1) is 0 Å². The normalized spacial score (nSPS) is 19.2. The minimum atomic E-state index is -3.45. The number of hydrogen-bond donors (Lipinski definition) is 0. The molecule has 2 aliphatic rings. The molecule has 6 nitrogen and oxygen atoms in total. The summed E-state index contributed by atoms with van der Waals surface area (Å²) in [7, 11) is -3.45. The zero-order chi connectivity index (χ0) is 20.3. The minimum Gasteiger partial charge on any atom is -0.370 e. The summed E-state index contributed by atoms with van der Waals surface area (Å²) in [6.45, 7) is 4.51. The molecule has 156 valence electrons. The van der Waals surface area contributed by atoms with Gasteiger partial charge in [-0.1, -0.05) is 6.42 Å². The fraction of sp³-hybridized carbons (Fsp3) is 0.476. The van der Waals surface area contributed by atoms with Gasteiger partial charge in [-0.05, 0) is 55.7 Å². The first-order chi connectivity index (χ1) is 14.0. The van der Waals surface area contributed by atoms with Crippen LogP contribution in [-0.4, -0.2) is 57.0 Å². The van der Waals surface area contributed by atoms with Crippen molar-refractivity contribution in [3.63, 3.8) is 0 Å². The van der Waals surface area contributed by atoms with Crippen LogP contribution in [0.4, 0.5) is 15.9 Å². The molecule has 0 saturated carbocycles. The third kappa shape index (κ3) is 4.53. The van der Waals surface area contributed by atoms with Gasteiger partial charge in [0, 0.05) is 51.2 Å². The minimum absolute atomic E-state index is 0.228. The van der Waals surface area contributed by atoms with E-state index in [1.54, 1.807) is 10.4 Å². The first kappa shape index (κ1) is 20.1. The Bertz CT molecular complexity index is 913. The molecule has 2 aromatic rings. The van der Waals surface area contributed by atoms with Crippen LogP contribution in [0.5, 0.6) is 0 Å². The van der Waals surface area contributed by atoms with Gasteiger partial charge in [-0.15, -0.1) is 0 Å². The van der Waals surface area contributed by atoms with Crippen LogP contribution in [-0.2, 0) is 10.0 Å². The maximum Gasteiger partial charge on any atom is 0.244 e. The number of hydrogen-bond acceptors (Lipinski definition) is 5. The summed E-state index contributed by atoms with van der Waals surface area (Å²) in [4.78, 5) is 9.16. The summed E-state index contributed by atoms with van der Waals surface area (Å²) in [5.74, 6) is 0.567. The molecule has 0 atom stereocenters. The molecule has 3 heterocycles. The van der Waals surface area contributed by atoms with E-state index in [2.05, 4.69) is 14.8 Å². The quantitative estimate of drug-likeness (QED) is 0.764. The topological polar surface area (TPSA) is 56.8 Å². The number of sulfonamides is 1. The first-order valence-corrected chi connectivity index (χ1v) is 11.7. The Balaban J connectivity index is 1.43. The molecule has 0 radical (unpaired) electrons. The van der Waals surface area contributed by atoms with Gasteiger partial charge in [0.15, 0.2) is 0 Å². The average Bonchev–Trinajstić information content (AvgIpc) is 3.01. The molecule has 2 aliphatic heterocycles. The highest BCUT2D eigenvalue weighted by Gasteiger charge is 2.26. The predicted octanol–water partition coefficient (Wildman–Crippen LogP) is 3.11. The van der Waals surface area contributed by atoms with Crippen LogP contribution in [0, 0.1) is 5.82 Å². The molecule has 0 unspecified atom stereocenters. The van der Waals surface area contributed by atoms with E-state index in [1.807, 2.05) is 18.2 Å². The summed E-state index contributed by atoms with van der Waals surface area (Å²) in [6.07, 6.45) is 5.37. The number of halogens is 1. The average molecular weight is 419 g/mol. The monoisotopic (exact) mass is 418 g/mol. The van der Waals surface area contributed by atoms with E-state index in [1.165, 1.54) is 18.3 Å². The number of benzene rings is 1. The molecule has 2 saturated heterocycles. The van der Waals surface area contributed by atoms with Crippen LogP contribution in [0.3, 0.4) is 0 Å². The number of anilines is 2. The Hall–Kier alpha value is -2.19. The van der Waals surface area contributed by atoms with Crippen molar-refractivity contribution in [3.05, 3.63) is 48.4 Å². The highest BCUT2D eigenvalue weighted by Crippen LogP contribution is 2.23. The number of nitrogens with zero attached hydrogens (tertiary/aromatic N) is 4. The number of piperidine rings is 1. The van der Waals surface area contributed by atoms with Gasteiger partial charge in [-0.3, -0.25) is 0 Å². The lowest BCUT2D eigenvalue weighted by Gasteiger charge is -2.26. The molecular formula is C21H27FN4O2S. The Kier molecular flexibility index (Phi) is 6.01. The Morgan fingerprint density at radius 1 is 0.759 bits per heavy atom. The maximum absolute atomic E-state index is 13.2. The van der Waals surface area contributed by atoms with Crippen LogP contribution < -0.4 is 9.80 Å². The third-order valence-corrected chi connectivity index (χ3v) is 7.57. The molecule has 0 N–H and O–H groups in total. The highest BCUT2D eigenvalue weighted by atomic mass is 32.2. The van der Waals surface area contributed by atoms with Crippen LogP contribution in [0.15, 0.2) is 47.5 Å². The second kappa shape index (κ2) is 8.67. The second-order valence-corrected chi connectivity index (χ2v) is 9.56. The summed E-state index contributed by atoms with van der Waals surface area (Å²) >= 11 is 0. The summed E-state index contributed by atoms with van der Waals surface area (Å²) in [6, 6.07) is 10.1. The molecule has 0 spiro atoms. The van der Waals surface area contributed by atoms with E-state index in [0.717, 1.165) is 63.4 Å². The SMILES string of the molecule is O=S(=O)(c1ccc(N2CCCN(c3ccc(F)cc3)CC2)nc1)N1CCCCC1. The van der Waals surface area contributed by atoms with Gasteiger partial charge in [-0.25, -0.2) is 17.8 Å². The largest absolute Gasteiger partial charge is 0.370 e. The van der Waals surface area contributed by atoms with Crippen molar-refractivity contribution >= 4 is 21.5 Å². The van der Waals surface area contributed by atoms with E-state index >= 15 is 0 Å². The first-order valence-electron chi connectivity index (χ1n) is 10.3. The second-order valence-electron chi connectivity index (χ2n) is 7.62. The number of rotatable bonds is 4. The molecule has 2 fully saturated rings. The third-order valence-electron chi connectivity index (χ3n) is 5.69. The molecule has 29 heavy (non-hydrogen) atoms. The van der Waals surface area contributed by atoms with Gasteiger partial charge in [-0.2, -0.15) is 4.31 Å². The highest BCUT2D eigenvalue weighted by molar-refractivity contribution is 7.89. The molecular weight excluding hydrogens is 391 g/mol. The van der Waals surface area contributed by atoms with E-state index < -0.39 is 10.0 Å². The van der Waals surface area contributed by atoms with Gasteiger partial charge >= 0.3 is 0 Å². The molecule has 0 aliphatic carbocycles. The predicted molar refractivity (Wildman–Crippen MR) is 112 cm³/mol. The number of pyridine rings is 1. The van der Waals surface area contributed by atoms with Crippen LogP contribution in [0.25, 0.3) is 0 Å². The van der Waals surface area contributed by atoms with Crippen molar-refractivity contribution in [3.8, 4) is 0 Å². The van der Waals surface area contributed by atoms with Crippen LogP contribution in [0.2, 0.25) is 0 Å². The fourth-order valence-corrected chi connectivity index (χ4v) is 5.49. The molecule has 1 aromatic heterocycles. The van der Waals surface area contributed by atoms with Crippen LogP contribution in [0.1, 0.15) is 25.7 Å². The Morgan fingerprint density at radius 3 is 2.14 bits per heavy atom. The fourth-order valence-electron chi connectivity index (χ4n) is 4.02. The van der Waals surface area contributed by atoms with Crippen molar-refractivity contribution < 1.29 is 12.8 Å². The zero-order valence-corrected chi connectivity index (χ0v) is 17.3. The van der Waals surface area contributed by atoms with E-state index in [0.29, 0.717) is 13.1 Å². The molecule has 0 amide bonds.